The Labute approximate surface area is 77.9 Å². The lowest BCUT2D eigenvalue weighted by Crippen LogP contribution is -2.14. The molecule has 70 valence electrons. The highest BCUT2D eigenvalue weighted by atomic mass is 16.3. The van der Waals surface area contributed by atoms with E-state index in [1.54, 1.807) is 13.1 Å². The van der Waals surface area contributed by atoms with Crippen LogP contribution in [0.1, 0.15) is 16.7 Å². The summed E-state index contributed by atoms with van der Waals surface area (Å²) in [5, 5.41) is 9.61. The monoisotopic (exact) mass is 178 g/mol. The average Bonchev–Trinajstić information content (AvgIpc) is 2.02. The summed E-state index contributed by atoms with van der Waals surface area (Å²) in [5.41, 5.74) is 8.23. The maximum absolute atomic E-state index is 9.61. The van der Waals surface area contributed by atoms with E-state index >= 15 is 0 Å². The number of amidine groups is 1. The predicted molar refractivity (Wildman–Crippen MR) is 54.2 cm³/mol. The molecule has 0 amide bonds. The van der Waals surface area contributed by atoms with Crippen molar-refractivity contribution < 1.29 is 5.11 Å². The van der Waals surface area contributed by atoms with E-state index in [4.69, 9.17) is 5.73 Å². The topological polar surface area (TPSA) is 58.6 Å². The lowest BCUT2D eigenvalue weighted by Gasteiger charge is -2.08. The van der Waals surface area contributed by atoms with Crippen molar-refractivity contribution in [1.29, 1.82) is 0 Å². The molecule has 0 bridgehead atoms. The predicted octanol–water partition coefficient (Wildman–Crippen LogP) is 1.34. The number of aromatic hydroxyl groups is 1. The summed E-state index contributed by atoms with van der Waals surface area (Å²) in [6, 6.07) is 3.65. The molecule has 1 aromatic rings. The van der Waals surface area contributed by atoms with Crippen LogP contribution in [0.25, 0.3) is 0 Å². The minimum absolute atomic E-state index is 0.195. The number of rotatable bonds is 1. The zero-order valence-electron chi connectivity index (χ0n) is 8.13. The largest absolute Gasteiger partial charge is 0.507 e. The Balaban J connectivity index is 3.37. The molecule has 0 aliphatic heterocycles. The first-order chi connectivity index (χ1) is 6.06. The molecule has 0 aliphatic carbocycles. The van der Waals surface area contributed by atoms with Gasteiger partial charge in [-0.1, -0.05) is 6.07 Å². The number of phenols is 1. The summed E-state index contributed by atoms with van der Waals surface area (Å²) in [6.07, 6.45) is 0. The molecule has 0 aromatic heterocycles. The van der Waals surface area contributed by atoms with E-state index < -0.39 is 0 Å². The normalized spacial score (nSPS) is 11.8. The van der Waals surface area contributed by atoms with Gasteiger partial charge in [0.2, 0.25) is 0 Å². The number of aliphatic imine (C=N–C) groups is 1. The summed E-state index contributed by atoms with van der Waals surface area (Å²) >= 11 is 0. The molecule has 0 fully saturated rings. The van der Waals surface area contributed by atoms with Gasteiger partial charge in [-0.15, -0.1) is 0 Å². The van der Waals surface area contributed by atoms with Crippen LogP contribution in [0.3, 0.4) is 0 Å². The molecule has 1 rings (SSSR count). The highest BCUT2D eigenvalue weighted by Crippen LogP contribution is 2.22. The number of hydrogen-bond acceptors (Lipinski definition) is 2. The first kappa shape index (κ1) is 9.58. The van der Waals surface area contributed by atoms with E-state index in [0.29, 0.717) is 11.4 Å². The summed E-state index contributed by atoms with van der Waals surface area (Å²) in [4.78, 5) is 3.84. The van der Waals surface area contributed by atoms with Crippen LogP contribution in [0, 0.1) is 13.8 Å². The van der Waals surface area contributed by atoms with Gasteiger partial charge in [-0.05, 0) is 31.0 Å². The summed E-state index contributed by atoms with van der Waals surface area (Å²) < 4.78 is 0. The van der Waals surface area contributed by atoms with E-state index in [1.807, 2.05) is 19.9 Å². The standard InChI is InChI=1S/C10H14N2O/c1-6-4-7(2)9(8(13)5-6)10(11)12-3/h4-5,13H,1-3H3,(H2,11,12). The van der Waals surface area contributed by atoms with Crippen LogP contribution in [-0.4, -0.2) is 18.0 Å². The van der Waals surface area contributed by atoms with Crippen molar-refractivity contribution in [1.82, 2.24) is 0 Å². The number of nitrogens with two attached hydrogens (primary N) is 1. The van der Waals surface area contributed by atoms with E-state index in [1.165, 1.54) is 0 Å². The van der Waals surface area contributed by atoms with Gasteiger partial charge in [0.15, 0.2) is 0 Å². The Kier molecular flexibility index (Phi) is 2.56. The molecular weight excluding hydrogens is 164 g/mol. The Morgan fingerprint density at radius 1 is 1.38 bits per heavy atom. The van der Waals surface area contributed by atoms with Crippen molar-refractivity contribution in [2.24, 2.45) is 10.7 Å². The van der Waals surface area contributed by atoms with Gasteiger partial charge in [-0.2, -0.15) is 0 Å². The van der Waals surface area contributed by atoms with Gasteiger partial charge in [0.05, 0.1) is 5.56 Å². The molecule has 3 N–H and O–H groups in total. The van der Waals surface area contributed by atoms with Crippen LogP contribution in [-0.2, 0) is 0 Å². The molecule has 3 heteroatoms. The lowest BCUT2D eigenvalue weighted by atomic mass is 10.0. The minimum Gasteiger partial charge on any atom is -0.507 e. The van der Waals surface area contributed by atoms with Crippen LogP contribution in [0.2, 0.25) is 0 Å². The second-order valence-corrected chi connectivity index (χ2v) is 3.08. The number of aryl methyl sites for hydroxylation is 2. The van der Waals surface area contributed by atoms with Crippen molar-refractivity contribution in [3.63, 3.8) is 0 Å². The average molecular weight is 178 g/mol. The lowest BCUT2D eigenvalue weighted by molar-refractivity contribution is 0.473. The zero-order chi connectivity index (χ0) is 10.0. The molecule has 0 radical (unpaired) electrons. The molecule has 0 spiro atoms. The minimum atomic E-state index is 0.195. The summed E-state index contributed by atoms with van der Waals surface area (Å²) in [7, 11) is 1.61. The van der Waals surface area contributed by atoms with Crippen molar-refractivity contribution in [2.75, 3.05) is 7.05 Å². The second kappa shape index (κ2) is 3.47. The van der Waals surface area contributed by atoms with E-state index in [2.05, 4.69) is 4.99 Å². The molecule has 13 heavy (non-hydrogen) atoms. The first-order valence-corrected chi connectivity index (χ1v) is 4.09. The third-order valence-electron chi connectivity index (χ3n) is 1.96. The Morgan fingerprint density at radius 3 is 2.46 bits per heavy atom. The Bertz CT molecular complexity index is 333. The fraction of sp³-hybridized carbons (Fsp3) is 0.300. The van der Waals surface area contributed by atoms with Gasteiger partial charge in [0.1, 0.15) is 11.6 Å². The van der Waals surface area contributed by atoms with Gasteiger partial charge in [-0.3, -0.25) is 4.99 Å². The highest BCUT2D eigenvalue weighted by Gasteiger charge is 2.08. The third-order valence-corrected chi connectivity index (χ3v) is 1.96. The van der Waals surface area contributed by atoms with Crippen molar-refractivity contribution >= 4 is 5.84 Å². The van der Waals surface area contributed by atoms with Gasteiger partial charge >= 0.3 is 0 Å². The van der Waals surface area contributed by atoms with E-state index in [0.717, 1.165) is 11.1 Å². The molecule has 0 atom stereocenters. The van der Waals surface area contributed by atoms with Gasteiger partial charge < -0.3 is 10.8 Å². The first-order valence-electron chi connectivity index (χ1n) is 4.09. The summed E-state index contributed by atoms with van der Waals surface area (Å²) in [6.45, 7) is 3.83. The number of benzene rings is 1. The quantitative estimate of drug-likeness (QED) is 0.503. The van der Waals surface area contributed by atoms with Crippen molar-refractivity contribution in [3.05, 3.63) is 28.8 Å². The van der Waals surface area contributed by atoms with Crippen molar-refractivity contribution in [3.8, 4) is 5.75 Å². The second-order valence-electron chi connectivity index (χ2n) is 3.08. The highest BCUT2D eigenvalue weighted by molar-refractivity contribution is 6.01. The Morgan fingerprint density at radius 2 is 2.00 bits per heavy atom. The maximum atomic E-state index is 9.61. The molecule has 1 aromatic carbocycles. The third kappa shape index (κ3) is 1.80. The van der Waals surface area contributed by atoms with Crippen LogP contribution in [0.5, 0.6) is 5.75 Å². The van der Waals surface area contributed by atoms with E-state index in [9.17, 15) is 5.11 Å². The molecule has 0 unspecified atom stereocenters. The number of nitrogens with zero attached hydrogens (tertiary/aromatic N) is 1. The number of phenolic OH excluding ortho intramolecular Hbond substituents is 1. The van der Waals surface area contributed by atoms with Gasteiger partial charge in [-0.25, -0.2) is 0 Å². The SMILES string of the molecule is CN=C(N)c1c(C)cc(C)cc1O. The molecule has 3 nitrogen and oxygen atoms in total. The Hall–Kier alpha value is -1.51. The van der Waals surface area contributed by atoms with Crippen LogP contribution < -0.4 is 5.73 Å². The zero-order valence-corrected chi connectivity index (χ0v) is 8.13. The fourth-order valence-electron chi connectivity index (χ4n) is 1.39. The van der Waals surface area contributed by atoms with Crippen molar-refractivity contribution in [2.45, 2.75) is 13.8 Å². The van der Waals surface area contributed by atoms with E-state index in [-0.39, 0.29) is 5.75 Å². The fourth-order valence-corrected chi connectivity index (χ4v) is 1.39. The van der Waals surface area contributed by atoms with Gasteiger partial charge in [0, 0.05) is 7.05 Å². The molecule has 0 saturated heterocycles. The van der Waals surface area contributed by atoms with Gasteiger partial charge in [0.25, 0.3) is 0 Å². The summed E-state index contributed by atoms with van der Waals surface area (Å²) in [5.74, 6) is 0.565. The molecule has 0 heterocycles. The molecular formula is C10H14N2O. The van der Waals surface area contributed by atoms with Crippen LogP contribution in [0.4, 0.5) is 0 Å². The smallest absolute Gasteiger partial charge is 0.129 e. The van der Waals surface area contributed by atoms with Crippen LogP contribution >= 0.6 is 0 Å². The number of hydrogen-bond donors (Lipinski definition) is 2. The molecule has 0 aliphatic rings. The maximum Gasteiger partial charge on any atom is 0.129 e. The van der Waals surface area contributed by atoms with Crippen LogP contribution in [0.15, 0.2) is 17.1 Å². The molecule has 0 saturated carbocycles.